The van der Waals surface area contributed by atoms with E-state index in [1.165, 1.54) is 45.9 Å². The van der Waals surface area contributed by atoms with E-state index in [4.69, 9.17) is 0 Å². The van der Waals surface area contributed by atoms with Gasteiger partial charge < -0.3 is 5.32 Å². The Balaban J connectivity index is 1.62. The van der Waals surface area contributed by atoms with Crippen LogP contribution in [0.3, 0.4) is 0 Å². The van der Waals surface area contributed by atoms with Gasteiger partial charge in [0, 0.05) is 9.75 Å². The molecule has 0 aromatic carbocycles. The van der Waals surface area contributed by atoms with Crippen LogP contribution in [0.4, 0.5) is 0 Å². The van der Waals surface area contributed by atoms with Crippen LogP contribution in [-0.4, -0.2) is 5.91 Å². The van der Waals surface area contributed by atoms with E-state index >= 15 is 0 Å². The summed E-state index contributed by atoms with van der Waals surface area (Å²) in [6, 6.07) is 6.01. The summed E-state index contributed by atoms with van der Waals surface area (Å²) in [5.41, 5.74) is 1.50. The largest absolute Gasteiger partial charge is 0.346 e. The van der Waals surface area contributed by atoms with Gasteiger partial charge in [0.1, 0.15) is 0 Å². The number of hydrogen-bond donors (Lipinski definition) is 1. The molecule has 0 unspecified atom stereocenters. The summed E-state index contributed by atoms with van der Waals surface area (Å²) >= 11 is 3.33. The molecule has 17 heavy (non-hydrogen) atoms. The Morgan fingerprint density at radius 1 is 1.41 bits per heavy atom. The molecule has 0 saturated heterocycles. The standard InChI is InChI=1S/C13H13NOS2/c15-13(12-5-2-6-16-12)14-8-10-7-9-3-1-4-11(9)17-10/h2,5-7H,1,3-4,8H2,(H,14,15). The molecule has 0 aliphatic heterocycles. The SMILES string of the molecule is O=C(NCc1cc2c(s1)CCC2)c1cccs1. The van der Waals surface area contributed by atoms with Crippen molar-refractivity contribution in [3.8, 4) is 0 Å². The van der Waals surface area contributed by atoms with Gasteiger partial charge in [-0.2, -0.15) is 0 Å². The minimum atomic E-state index is 0.0357. The molecule has 0 spiro atoms. The number of rotatable bonds is 3. The maximum absolute atomic E-state index is 11.8. The molecule has 0 fully saturated rings. The maximum atomic E-state index is 11.8. The molecule has 0 radical (unpaired) electrons. The summed E-state index contributed by atoms with van der Waals surface area (Å²) in [5.74, 6) is 0.0357. The first-order valence-corrected chi connectivity index (χ1v) is 7.45. The van der Waals surface area contributed by atoms with E-state index in [1.54, 1.807) is 0 Å². The molecule has 0 saturated carbocycles. The Morgan fingerprint density at radius 3 is 3.12 bits per heavy atom. The third kappa shape index (κ3) is 2.28. The minimum Gasteiger partial charge on any atom is -0.346 e. The third-order valence-corrected chi connectivity index (χ3v) is 5.07. The van der Waals surface area contributed by atoms with E-state index in [0.29, 0.717) is 6.54 Å². The first-order valence-electron chi connectivity index (χ1n) is 5.75. The normalized spacial score (nSPS) is 13.6. The molecule has 0 atom stereocenters. The summed E-state index contributed by atoms with van der Waals surface area (Å²) < 4.78 is 0. The molecule has 2 heterocycles. The monoisotopic (exact) mass is 263 g/mol. The van der Waals surface area contributed by atoms with Crippen LogP contribution < -0.4 is 5.32 Å². The minimum absolute atomic E-state index is 0.0357. The fourth-order valence-corrected chi connectivity index (χ4v) is 3.98. The number of fused-ring (bicyclic) bond motifs is 1. The number of nitrogens with one attached hydrogen (secondary N) is 1. The van der Waals surface area contributed by atoms with Gasteiger partial charge in [-0.15, -0.1) is 22.7 Å². The van der Waals surface area contributed by atoms with Gasteiger partial charge in [-0.1, -0.05) is 6.07 Å². The smallest absolute Gasteiger partial charge is 0.261 e. The predicted molar refractivity (Wildman–Crippen MR) is 71.8 cm³/mol. The molecule has 2 aromatic rings. The van der Waals surface area contributed by atoms with Gasteiger partial charge >= 0.3 is 0 Å². The molecular weight excluding hydrogens is 250 g/mol. The topological polar surface area (TPSA) is 29.1 Å². The van der Waals surface area contributed by atoms with Gasteiger partial charge in [0.2, 0.25) is 0 Å². The van der Waals surface area contributed by atoms with Crippen LogP contribution in [0, 0.1) is 0 Å². The molecule has 88 valence electrons. The molecule has 1 aliphatic rings. The summed E-state index contributed by atoms with van der Waals surface area (Å²) in [4.78, 5) is 15.3. The number of carbonyl (C=O) groups excluding carboxylic acids is 1. The van der Waals surface area contributed by atoms with Crippen LogP contribution in [0.25, 0.3) is 0 Å². The van der Waals surface area contributed by atoms with E-state index in [-0.39, 0.29) is 5.91 Å². The van der Waals surface area contributed by atoms with E-state index in [9.17, 15) is 4.79 Å². The van der Waals surface area contributed by atoms with Crippen LogP contribution in [-0.2, 0) is 19.4 Å². The molecule has 0 bridgehead atoms. The molecule has 1 aliphatic carbocycles. The van der Waals surface area contributed by atoms with Crippen LogP contribution in [0.2, 0.25) is 0 Å². The molecular formula is C13H13NOS2. The first-order chi connectivity index (χ1) is 8.33. The zero-order chi connectivity index (χ0) is 11.7. The van der Waals surface area contributed by atoms with Gasteiger partial charge in [0.05, 0.1) is 11.4 Å². The second-order valence-corrected chi connectivity index (χ2v) is 6.34. The Bertz CT molecular complexity index is 506. The van der Waals surface area contributed by atoms with Crippen molar-refractivity contribution in [2.75, 3.05) is 0 Å². The van der Waals surface area contributed by atoms with Crippen molar-refractivity contribution in [2.45, 2.75) is 25.8 Å². The number of aryl methyl sites for hydroxylation is 2. The maximum Gasteiger partial charge on any atom is 0.261 e. The second kappa shape index (κ2) is 4.63. The van der Waals surface area contributed by atoms with Crippen molar-refractivity contribution >= 4 is 28.6 Å². The van der Waals surface area contributed by atoms with Crippen molar-refractivity contribution in [1.82, 2.24) is 5.32 Å². The lowest BCUT2D eigenvalue weighted by Gasteiger charge is -2.01. The third-order valence-electron chi connectivity index (χ3n) is 2.97. The lowest BCUT2D eigenvalue weighted by Crippen LogP contribution is -2.21. The van der Waals surface area contributed by atoms with E-state index < -0.39 is 0 Å². The van der Waals surface area contributed by atoms with Crippen molar-refractivity contribution in [1.29, 1.82) is 0 Å². The molecule has 2 aromatic heterocycles. The summed E-state index contributed by atoms with van der Waals surface area (Å²) in [6.45, 7) is 0.661. The summed E-state index contributed by atoms with van der Waals surface area (Å²) in [7, 11) is 0. The van der Waals surface area contributed by atoms with Crippen molar-refractivity contribution in [3.05, 3.63) is 43.8 Å². The Hall–Kier alpha value is -1.13. The average Bonchev–Trinajstić information content (AvgIpc) is 3.01. The molecule has 3 rings (SSSR count). The fourth-order valence-electron chi connectivity index (χ4n) is 2.14. The average molecular weight is 263 g/mol. The highest BCUT2D eigenvalue weighted by Gasteiger charge is 2.15. The highest BCUT2D eigenvalue weighted by Crippen LogP contribution is 2.30. The van der Waals surface area contributed by atoms with Crippen LogP contribution in [0.5, 0.6) is 0 Å². The highest BCUT2D eigenvalue weighted by molar-refractivity contribution is 7.12. The molecule has 1 amide bonds. The van der Waals surface area contributed by atoms with Gasteiger partial charge in [-0.3, -0.25) is 4.79 Å². The zero-order valence-electron chi connectivity index (χ0n) is 9.36. The highest BCUT2D eigenvalue weighted by atomic mass is 32.1. The first kappa shape index (κ1) is 11.0. The lowest BCUT2D eigenvalue weighted by atomic mass is 10.2. The van der Waals surface area contributed by atoms with Crippen molar-refractivity contribution < 1.29 is 4.79 Å². The van der Waals surface area contributed by atoms with Crippen LogP contribution in [0.15, 0.2) is 23.6 Å². The van der Waals surface area contributed by atoms with Crippen molar-refractivity contribution in [2.24, 2.45) is 0 Å². The zero-order valence-corrected chi connectivity index (χ0v) is 11.0. The quantitative estimate of drug-likeness (QED) is 0.905. The number of carbonyl (C=O) groups is 1. The molecule has 2 nitrogen and oxygen atoms in total. The number of thiophene rings is 2. The number of amides is 1. The van der Waals surface area contributed by atoms with E-state index in [1.807, 2.05) is 28.8 Å². The second-order valence-electron chi connectivity index (χ2n) is 4.17. The molecule has 4 heteroatoms. The van der Waals surface area contributed by atoms with Crippen LogP contribution >= 0.6 is 22.7 Å². The van der Waals surface area contributed by atoms with Gasteiger partial charge in [0.15, 0.2) is 0 Å². The lowest BCUT2D eigenvalue weighted by molar-refractivity contribution is 0.0955. The Morgan fingerprint density at radius 2 is 2.35 bits per heavy atom. The Kier molecular flexibility index (Phi) is 2.99. The van der Waals surface area contributed by atoms with Crippen LogP contribution in [0.1, 0.15) is 31.4 Å². The van der Waals surface area contributed by atoms with E-state index in [0.717, 1.165) is 4.88 Å². The Labute approximate surface area is 108 Å². The summed E-state index contributed by atoms with van der Waals surface area (Å²) in [6.07, 6.45) is 3.73. The van der Waals surface area contributed by atoms with Crippen molar-refractivity contribution in [3.63, 3.8) is 0 Å². The fraction of sp³-hybridized carbons (Fsp3) is 0.308. The number of hydrogen-bond acceptors (Lipinski definition) is 3. The van der Waals surface area contributed by atoms with E-state index in [2.05, 4.69) is 11.4 Å². The molecule has 1 N–H and O–H groups in total. The van der Waals surface area contributed by atoms with Gasteiger partial charge in [0.25, 0.3) is 5.91 Å². The van der Waals surface area contributed by atoms with Gasteiger partial charge in [-0.25, -0.2) is 0 Å². The summed E-state index contributed by atoms with van der Waals surface area (Å²) in [5, 5.41) is 4.90. The predicted octanol–water partition coefficient (Wildman–Crippen LogP) is 3.23. The van der Waals surface area contributed by atoms with Gasteiger partial charge in [-0.05, 0) is 42.3 Å².